The number of furan rings is 1. The van der Waals surface area contributed by atoms with Gasteiger partial charge in [-0.15, -0.1) is 0 Å². The summed E-state index contributed by atoms with van der Waals surface area (Å²) in [6.45, 7) is 7.56. The van der Waals surface area contributed by atoms with Crippen molar-refractivity contribution in [2.75, 3.05) is 19.6 Å². The third-order valence-electron chi connectivity index (χ3n) is 6.54. The molecule has 2 fully saturated rings. The number of piperidine rings is 1. The lowest BCUT2D eigenvalue weighted by Gasteiger charge is -2.33. The minimum Gasteiger partial charge on any atom is -0.466 e. The zero-order valence-corrected chi connectivity index (χ0v) is 17.8. The van der Waals surface area contributed by atoms with Gasteiger partial charge in [-0.25, -0.2) is 4.98 Å². The van der Waals surface area contributed by atoms with E-state index in [-0.39, 0.29) is 5.91 Å². The lowest BCUT2D eigenvalue weighted by Crippen LogP contribution is -2.41. The second-order valence-electron chi connectivity index (χ2n) is 8.86. The molecule has 1 amide bonds. The van der Waals surface area contributed by atoms with E-state index in [0.717, 1.165) is 31.9 Å². The Morgan fingerprint density at radius 1 is 1.21 bits per heavy atom. The normalized spacial score (nSPS) is 21.4. The van der Waals surface area contributed by atoms with E-state index in [0.29, 0.717) is 23.3 Å². The number of hydrogen-bond donors (Lipinski definition) is 1. The number of rotatable bonds is 6. The number of likely N-dealkylation sites (tertiary alicyclic amines) is 1. The van der Waals surface area contributed by atoms with Crippen LogP contribution < -0.4 is 5.32 Å². The van der Waals surface area contributed by atoms with Crippen molar-refractivity contribution in [3.05, 3.63) is 41.4 Å². The molecule has 1 aliphatic carbocycles. The third kappa shape index (κ3) is 4.92. The Balaban J connectivity index is 1.30. The van der Waals surface area contributed by atoms with Crippen molar-refractivity contribution < 1.29 is 9.21 Å². The van der Waals surface area contributed by atoms with Gasteiger partial charge in [-0.1, -0.05) is 19.3 Å². The number of carbonyl (C=O) groups is 1. The van der Waals surface area contributed by atoms with Crippen molar-refractivity contribution in [2.24, 2.45) is 5.92 Å². The van der Waals surface area contributed by atoms with Crippen LogP contribution in [-0.2, 0) is 6.54 Å². The van der Waals surface area contributed by atoms with Gasteiger partial charge in [0, 0.05) is 31.9 Å². The maximum atomic E-state index is 12.5. The van der Waals surface area contributed by atoms with Crippen LogP contribution in [0.15, 0.2) is 23.0 Å². The molecular weight excluding hydrogens is 364 g/mol. The van der Waals surface area contributed by atoms with Crippen LogP contribution in [0.5, 0.6) is 0 Å². The number of carbonyl (C=O) groups excluding carboxylic acids is 1. The van der Waals surface area contributed by atoms with E-state index in [1.165, 1.54) is 50.6 Å². The fourth-order valence-electron chi connectivity index (χ4n) is 5.02. The maximum absolute atomic E-state index is 12.5. The molecule has 158 valence electrons. The Hall–Kier alpha value is -2.08. The molecule has 0 unspecified atom stereocenters. The van der Waals surface area contributed by atoms with E-state index in [4.69, 9.17) is 4.42 Å². The van der Waals surface area contributed by atoms with Crippen molar-refractivity contribution in [3.8, 4) is 0 Å². The molecule has 2 aliphatic rings. The number of nitrogens with zero attached hydrogens (tertiary/aromatic N) is 3. The van der Waals surface area contributed by atoms with Crippen LogP contribution in [0.1, 0.15) is 78.6 Å². The largest absolute Gasteiger partial charge is 0.466 e. The summed E-state index contributed by atoms with van der Waals surface area (Å²) in [4.78, 5) is 19.5. The molecule has 2 aromatic heterocycles. The van der Waals surface area contributed by atoms with E-state index in [9.17, 15) is 4.79 Å². The van der Waals surface area contributed by atoms with Crippen LogP contribution in [0.2, 0.25) is 0 Å². The molecule has 1 aliphatic heterocycles. The molecule has 0 aromatic carbocycles. The van der Waals surface area contributed by atoms with Gasteiger partial charge < -0.3 is 14.3 Å². The quantitative estimate of drug-likeness (QED) is 0.790. The predicted octanol–water partition coefficient (Wildman–Crippen LogP) is 4.24. The molecule has 6 nitrogen and oxygen atoms in total. The van der Waals surface area contributed by atoms with Crippen molar-refractivity contribution in [3.63, 3.8) is 0 Å². The molecule has 1 saturated heterocycles. The van der Waals surface area contributed by atoms with Gasteiger partial charge in [0.1, 0.15) is 11.5 Å². The van der Waals surface area contributed by atoms with Gasteiger partial charge in [-0.2, -0.15) is 0 Å². The highest BCUT2D eigenvalue weighted by atomic mass is 16.3. The van der Waals surface area contributed by atoms with Crippen LogP contribution in [-0.4, -0.2) is 40.0 Å². The SMILES string of the molecule is Cc1cc(C(=O)NC[C@H]2CCCN(Cc3cncn3C3CCCCC3)C2)c(C)o1. The summed E-state index contributed by atoms with van der Waals surface area (Å²) in [6.07, 6.45) is 13.0. The zero-order valence-electron chi connectivity index (χ0n) is 17.8. The number of aromatic nitrogens is 2. The summed E-state index contributed by atoms with van der Waals surface area (Å²) in [7, 11) is 0. The van der Waals surface area contributed by atoms with Gasteiger partial charge in [0.25, 0.3) is 5.91 Å². The molecule has 0 bridgehead atoms. The third-order valence-corrected chi connectivity index (χ3v) is 6.54. The number of hydrogen-bond acceptors (Lipinski definition) is 4. The highest BCUT2D eigenvalue weighted by Crippen LogP contribution is 2.29. The summed E-state index contributed by atoms with van der Waals surface area (Å²) >= 11 is 0. The topological polar surface area (TPSA) is 63.3 Å². The van der Waals surface area contributed by atoms with Gasteiger partial charge in [0.15, 0.2) is 0 Å². The zero-order chi connectivity index (χ0) is 20.2. The highest BCUT2D eigenvalue weighted by molar-refractivity contribution is 5.95. The lowest BCUT2D eigenvalue weighted by atomic mass is 9.95. The van der Waals surface area contributed by atoms with E-state index in [2.05, 4.69) is 19.8 Å². The molecular formula is C23H34N4O2. The molecule has 4 rings (SSSR count). The Morgan fingerprint density at radius 2 is 2.03 bits per heavy atom. The summed E-state index contributed by atoms with van der Waals surface area (Å²) in [5, 5.41) is 3.12. The fourth-order valence-corrected chi connectivity index (χ4v) is 5.02. The van der Waals surface area contributed by atoms with Crippen molar-refractivity contribution in [1.82, 2.24) is 19.8 Å². The summed E-state index contributed by atoms with van der Waals surface area (Å²) < 4.78 is 7.91. The molecule has 1 N–H and O–H groups in total. The van der Waals surface area contributed by atoms with Crippen molar-refractivity contribution in [2.45, 2.75) is 71.4 Å². The Labute approximate surface area is 173 Å². The summed E-state index contributed by atoms with van der Waals surface area (Å²) in [6, 6.07) is 2.45. The van der Waals surface area contributed by atoms with Gasteiger partial charge in [0.2, 0.25) is 0 Å². The first kappa shape index (κ1) is 20.2. The van der Waals surface area contributed by atoms with Crippen LogP contribution >= 0.6 is 0 Å². The molecule has 6 heteroatoms. The standard InChI is InChI=1S/C23H34N4O2/c1-17-11-22(18(2)29-17)23(28)25-12-19-7-6-10-26(14-19)15-21-13-24-16-27(21)20-8-4-3-5-9-20/h11,13,16,19-20H,3-10,12,14-15H2,1-2H3,(H,25,28)/t19-/m1/s1. The molecule has 1 atom stereocenters. The Bertz CT molecular complexity index is 819. The molecule has 29 heavy (non-hydrogen) atoms. The number of nitrogens with one attached hydrogen (secondary N) is 1. The van der Waals surface area contributed by atoms with Gasteiger partial charge >= 0.3 is 0 Å². The smallest absolute Gasteiger partial charge is 0.254 e. The summed E-state index contributed by atoms with van der Waals surface area (Å²) in [5.74, 6) is 1.95. The average Bonchev–Trinajstić information content (AvgIpc) is 3.32. The monoisotopic (exact) mass is 398 g/mol. The fraction of sp³-hybridized carbons (Fsp3) is 0.652. The molecule has 3 heterocycles. The van der Waals surface area contributed by atoms with Crippen molar-refractivity contribution >= 4 is 5.91 Å². The highest BCUT2D eigenvalue weighted by Gasteiger charge is 2.24. The minimum absolute atomic E-state index is 0.0214. The van der Waals surface area contributed by atoms with Crippen LogP contribution in [0.4, 0.5) is 0 Å². The van der Waals surface area contributed by atoms with E-state index >= 15 is 0 Å². The first-order valence-electron chi connectivity index (χ1n) is 11.2. The van der Waals surface area contributed by atoms with Gasteiger partial charge in [-0.3, -0.25) is 9.69 Å². The van der Waals surface area contributed by atoms with Gasteiger partial charge in [-0.05, 0) is 58.1 Å². The molecule has 2 aromatic rings. The molecule has 0 spiro atoms. The first-order chi connectivity index (χ1) is 14.1. The number of amides is 1. The lowest BCUT2D eigenvalue weighted by molar-refractivity contribution is 0.0928. The minimum atomic E-state index is -0.0214. The maximum Gasteiger partial charge on any atom is 0.254 e. The number of aryl methyl sites for hydroxylation is 2. The second-order valence-corrected chi connectivity index (χ2v) is 8.86. The van der Waals surface area contributed by atoms with E-state index in [1.54, 1.807) is 0 Å². The van der Waals surface area contributed by atoms with Crippen LogP contribution in [0, 0.1) is 19.8 Å². The molecule has 0 radical (unpaired) electrons. The van der Waals surface area contributed by atoms with E-state index in [1.807, 2.05) is 32.4 Å². The predicted molar refractivity (Wildman–Crippen MR) is 113 cm³/mol. The Morgan fingerprint density at radius 3 is 2.79 bits per heavy atom. The van der Waals surface area contributed by atoms with E-state index < -0.39 is 0 Å². The molecule has 1 saturated carbocycles. The average molecular weight is 399 g/mol. The van der Waals surface area contributed by atoms with Gasteiger partial charge in [0.05, 0.1) is 17.6 Å². The number of imidazole rings is 1. The Kier molecular flexibility index (Phi) is 6.38. The first-order valence-corrected chi connectivity index (χ1v) is 11.2. The second kappa shape index (κ2) is 9.16. The van der Waals surface area contributed by atoms with Crippen LogP contribution in [0.25, 0.3) is 0 Å². The van der Waals surface area contributed by atoms with Crippen LogP contribution in [0.3, 0.4) is 0 Å². The summed E-state index contributed by atoms with van der Waals surface area (Å²) in [5.41, 5.74) is 2.00. The van der Waals surface area contributed by atoms with Crippen molar-refractivity contribution in [1.29, 1.82) is 0 Å².